The molecule has 0 atom stereocenters. The Morgan fingerprint density at radius 3 is 2.44 bits per heavy atom. The number of rotatable bonds is 6. The number of carbonyl (C=O) groups excluding carboxylic acids is 2. The third-order valence-electron chi connectivity index (χ3n) is 3.12. The van der Waals surface area contributed by atoms with Gasteiger partial charge in [-0.05, 0) is 20.0 Å². The molecular weight excluding hydrogens is 232 g/mol. The Balaban J connectivity index is 2.11. The van der Waals surface area contributed by atoms with E-state index in [4.69, 9.17) is 5.73 Å². The molecule has 1 rings (SSSR count). The summed E-state index contributed by atoms with van der Waals surface area (Å²) in [4.78, 5) is 27.2. The fraction of sp³-hybridized carbons (Fsp3) is 0.833. The van der Waals surface area contributed by atoms with Gasteiger partial charge in [0.05, 0.1) is 0 Å². The molecule has 0 unspecified atom stereocenters. The first-order valence-corrected chi connectivity index (χ1v) is 6.56. The highest BCUT2D eigenvalue weighted by Gasteiger charge is 2.18. The number of hydrogen-bond acceptors (Lipinski definition) is 4. The van der Waals surface area contributed by atoms with E-state index in [1.165, 1.54) is 0 Å². The Bertz CT molecular complexity index is 275. The SMILES string of the molecule is CN1CCN(C(=O)CCNC(=O)CCCN)CC1. The highest BCUT2D eigenvalue weighted by atomic mass is 16.2. The van der Waals surface area contributed by atoms with E-state index in [0.717, 1.165) is 26.2 Å². The van der Waals surface area contributed by atoms with E-state index in [2.05, 4.69) is 17.3 Å². The van der Waals surface area contributed by atoms with E-state index in [1.807, 2.05) is 4.90 Å². The minimum Gasteiger partial charge on any atom is -0.356 e. The topological polar surface area (TPSA) is 78.7 Å². The lowest BCUT2D eigenvalue weighted by molar-refractivity contribution is -0.132. The van der Waals surface area contributed by atoms with E-state index in [1.54, 1.807) is 0 Å². The third-order valence-corrected chi connectivity index (χ3v) is 3.12. The Labute approximate surface area is 108 Å². The van der Waals surface area contributed by atoms with Crippen molar-refractivity contribution < 1.29 is 9.59 Å². The van der Waals surface area contributed by atoms with E-state index in [9.17, 15) is 9.59 Å². The maximum atomic E-state index is 11.8. The van der Waals surface area contributed by atoms with Crippen LogP contribution < -0.4 is 11.1 Å². The van der Waals surface area contributed by atoms with E-state index in [-0.39, 0.29) is 11.8 Å². The molecule has 0 spiro atoms. The van der Waals surface area contributed by atoms with Gasteiger partial charge in [-0.1, -0.05) is 0 Å². The van der Waals surface area contributed by atoms with Gasteiger partial charge >= 0.3 is 0 Å². The molecule has 1 saturated heterocycles. The lowest BCUT2D eigenvalue weighted by Crippen LogP contribution is -2.47. The van der Waals surface area contributed by atoms with Gasteiger partial charge < -0.3 is 20.9 Å². The summed E-state index contributed by atoms with van der Waals surface area (Å²) < 4.78 is 0. The summed E-state index contributed by atoms with van der Waals surface area (Å²) in [6.45, 7) is 4.37. The van der Waals surface area contributed by atoms with Crippen LogP contribution >= 0.6 is 0 Å². The van der Waals surface area contributed by atoms with Gasteiger partial charge in [-0.2, -0.15) is 0 Å². The Hall–Kier alpha value is -1.14. The molecular formula is C12H24N4O2. The number of likely N-dealkylation sites (N-methyl/N-ethyl adjacent to an activating group) is 1. The molecule has 18 heavy (non-hydrogen) atoms. The molecule has 1 aliphatic heterocycles. The second kappa shape index (κ2) is 8.05. The number of amides is 2. The van der Waals surface area contributed by atoms with Crippen LogP contribution in [0, 0.1) is 0 Å². The number of carbonyl (C=O) groups is 2. The number of nitrogens with one attached hydrogen (secondary N) is 1. The normalized spacial score (nSPS) is 16.7. The van der Waals surface area contributed by atoms with Crippen LogP contribution in [-0.4, -0.2) is 67.9 Å². The molecule has 0 aromatic heterocycles. The molecule has 0 bridgehead atoms. The van der Waals surface area contributed by atoms with E-state index in [0.29, 0.717) is 32.4 Å². The molecule has 2 amide bonds. The molecule has 0 radical (unpaired) electrons. The molecule has 0 aromatic carbocycles. The molecule has 0 aromatic rings. The third kappa shape index (κ3) is 5.46. The van der Waals surface area contributed by atoms with Crippen molar-refractivity contribution in [3.8, 4) is 0 Å². The van der Waals surface area contributed by atoms with Crippen molar-refractivity contribution in [2.45, 2.75) is 19.3 Å². The first-order chi connectivity index (χ1) is 8.63. The van der Waals surface area contributed by atoms with Crippen LogP contribution in [0.1, 0.15) is 19.3 Å². The van der Waals surface area contributed by atoms with E-state index < -0.39 is 0 Å². The molecule has 6 nitrogen and oxygen atoms in total. The van der Waals surface area contributed by atoms with Crippen LogP contribution in [0.4, 0.5) is 0 Å². The molecule has 0 aliphatic carbocycles. The molecule has 1 aliphatic rings. The van der Waals surface area contributed by atoms with Crippen molar-refractivity contribution in [3.05, 3.63) is 0 Å². The number of nitrogens with zero attached hydrogens (tertiary/aromatic N) is 2. The van der Waals surface area contributed by atoms with Crippen LogP contribution in [0.15, 0.2) is 0 Å². The maximum Gasteiger partial charge on any atom is 0.224 e. The second-order valence-corrected chi connectivity index (χ2v) is 4.68. The van der Waals surface area contributed by atoms with Crippen LogP contribution in [0.3, 0.4) is 0 Å². The van der Waals surface area contributed by atoms with Crippen LogP contribution in [0.2, 0.25) is 0 Å². The maximum absolute atomic E-state index is 11.8. The second-order valence-electron chi connectivity index (χ2n) is 4.68. The highest BCUT2D eigenvalue weighted by molar-refractivity contribution is 5.79. The first kappa shape index (κ1) is 14.9. The number of hydrogen-bond donors (Lipinski definition) is 2. The number of piperazine rings is 1. The lowest BCUT2D eigenvalue weighted by Gasteiger charge is -2.32. The Morgan fingerprint density at radius 2 is 1.83 bits per heavy atom. The average molecular weight is 256 g/mol. The molecule has 104 valence electrons. The minimum absolute atomic E-state index is 0.0216. The van der Waals surface area contributed by atoms with E-state index >= 15 is 0 Å². The first-order valence-electron chi connectivity index (χ1n) is 6.56. The van der Waals surface area contributed by atoms with Crippen molar-refractivity contribution in [1.82, 2.24) is 15.1 Å². The summed E-state index contributed by atoms with van der Waals surface area (Å²) in [5, 5.41) is 2.74. The van der Waals surface area contributed by atoms with Gasteiger partial charge in [0.25, 0.3) is 0 Å². The van der Waals surface area contributed by atoms with Gasteiger partial charge in [-0.25, -0.2) is 0 Å². The molecule has 1 fully saturated rings. The lowest BCUT2D eigenvalue weighted by atomic mass is 10.2. The summed E-state index contributed by atoms with van der Waals surface area (Å²) in [5.74, 6) is 0.105. The van der Waals surface area contributed by atoms with Crippen molar-refractivity contribution in [1.29, 1.82) is 0 Å². The van der Waals surface area contributed by atoms with Crippen molar-refractivity contribution >= 4 is 11.8 Å². The largest absolute Gasteiger partial charge is 0.356 e. The van der Waals surface area contributed by atoms with Gasteiger partial charge in [0.1, 0.15) is 0 Å². The Morgan fingerprint density at radius 1 is 1.17 bits per heavy atom. The number of nitrogens with two attached hydrogens (primary N) is 1. The standard InChI is InChI=1S/C12H24N4O2/c1-15-7-9-16(10-8-15)12(18)4-6-14-11(17)3-2-5-13/h2-10,13H2,1H3,(H,14,17). The monoisotopic (exact) mass is 256 g/mol. The van der Waals surface area contributed by atoms with Crippen molar-refractivity contribution in [3.63, 3.8) is 0 Å². The smallest absolute Gasteiger partial charge is 0.224 e. The van der Waals surface area contributed by atoms with Gasteiger partial charge in [0.2, 0.25) is 11.8 Å². The van der Waals surface area contributed by atoms with Crippen LogP contribution in [0.25, 0.3) is 0 Å². The van der Waals surface area contributed by atoms with Crippen LogP contribution in [-0.2, 0) is 9.59 Å². The Kier molecular flexibility index (Phi) is 6.67. The predicted octanol–water partition coefficient (Wildman–Crippen LogP) is -0.994. The van der Waals surface area contributed by atoms with Gasteiger partial charge in [-0.3, -0.25) is 9.59 Å². The van der Waals surface area contributed by atoms with Crippen molar-refractivity contribution in [2.24, 2.45) is 5.73 Å². The summed E-state index contributed by atoms with van der Waals surface area (Å²) >= 11 is 0. The summed E-state index contributed by atoms with van der Waals surface area (Å²) in [6, 6.07) is 0. The zero-order chi connectivity index (χ0) is 13.4. The predicted molar refractivity (Wildman–Crippen MR) is 70.0 cm³/mol. The summed E-state index contributed by atoms with van der Waals surface area (Å²) in [5.41, 5.74) is 5.32. The quantitative estimate of drug-likeness (QED) is 0.639. The zero-order valence-electron chi connectivity index (χ0n) is 11.2. The van der Waals surface area contributed by atoms with Crippen LogP contribution in [0.5, 0.6) is 0 Å². The molecule has 1 heterocycles. The molecule has 0 saturated carbocycles. The average Bonchev–Trinajstić information content (AvgIpc) is 2.37. The minimum atomic E-state index is -0.0216. The zero-order valence-corrected chi connectivity index (χ0v) is 11.2. The van der Waals surface area contributed by atoms with Gasteiger partial charge in [0.15, 0.2) is 0 Å². The fourth-order valence-electron chi connectivity index (χ4n) is 1.87. The summed E-state index contributed by atoms with van der Waals surface area (Å²) in [6.07, 6.45) is 1.52. The van der Waals surface area contributed by atoms with Crippen molar-refractivity contribution in [2.75, 3.05) is 46.3 Å². The van der Waals surface area contributed by atoms with Gasteiger partial charge in [0, 0.05) is 45.6 Å². The highest BCUT2D eigenvalue weighted by Crippen LogP contribution is 2.01. The van der Waals surface area contributed by atoms with Gasteiger partial charge in [-0.15, -0.1) is 0 Å². The fourth-order valence-corrected chi connectivity index (χ4v) is 1.87. The summed E-state index contributed by atoms with van der Waals surface area (Å²) in [7, 11) is 2.06. The molecule has 6 heteroatoms. The molecule has 3 N–H and O–H groups in total.